The van der Waals surface area contributed by atoms with Gasteiger partial charge in [0.05, 0.1) is 33.4 Å². The molecule has 0 saturated heterocycles. The van der Waals surface area contributed by atoms with Gasteiger partial charge in [-0.25, -0.2) is 20.0 Å². The number of hydrogen-bond donors (Lipinski definition) is 11. The Hall–Kier alpha value is -9.82. The number of nitrogens with zero attached hydrogens (tertiary/aromatic N) is 12. The zero-order chi connectivity index (χ0) is 75.1. The molecule has 0 fully saturated rings. The molecule has 2 aromatic heterocycles. The smallest absolute Gasteiger partial charge is 0.300 e. The van der Waals surface area contributed by atoms with E-state index in [1.807, 2.05) is 0 Å². The Balaban J connectivity index is 0.851. The first-order chi connectivity index (χ1) is 48.5. The predicted molar refractivity (Wildman–Crippen MR) is 367 cm³/mol. The maximum atomic E-state index is 13.7. The molecule has 0 bridgehead atoms. The molecular weight excluding hydrogens is 1580 g/mol. The van der Waals surface area contributed by atoms with Crippen molar-refractivity contribution in [3.63, 3.8) is 0 Å². The van der Waals surface area contributed by atoms with Crippen LogP contribution in [0.4, 0.5) is 86.9 Å². The second-order valence-corrected chi connectivity index (χ2v) is 31.9. The second kappa shape index (κ2) is 25.8. The number of aromatic nitrogens is 6. The van der Waals surface area contributed by atoms with E-state index >= 15 is 0 Å². The first-order valence-corrected chi connectivity index (χ1v) is 38.6. The summed E-state index contributed by atoms with van der Waals surface area (Å²) in [6.07, 6.45) is 0. The van der Waals surface area contributed by atoms with E-state index in [2.05, 4.69) is 71.1 Å². The molecule has 49 heteroatoms. The number of fused-ring (bicyclic) bond motifs is 8. The van der Waals surface area contributed by atoms with E-state index in [1.54, 1.807) is 0 Å². The van der Waals surface area contributed by atoms with Crippen LogP contribution in [0.25, 0.3) is 0 Å². The molecule has 0 amide bonds. The normalized spacial score (nSPS) is 13.4. The largest absolute Gasteiger partial charge is 0.450 e. The van der Waals surface area contributed by atoms with Gasteiger partial charge >= 0.3 is 0 Å². The Kier molecular flexibility index (Phi) is 18.0. The van der Waals surface area contributed by atoms with Gasteiger partial charge in [0.15, 0.2) is 65.6 Å². The fourth-order valence-corrected chi connectivity index (χ4v) is 15.7. The molecule has 0 saturated carbocycles. The van der Waals surface area contributed by atoms with E-state index in [0.29, 0.717) is 0 Å². The van der Waals surface area contributed by atoms with E-state index in [9.17, 15) is 77.8 Å². The van der Waals surface area contributed by atoms with Crippen LogP contribution in [0.3, 0.4) is 0 Å². The topological polar surface area (TPSA) is 571 Å². The number of benzene rings is 7. The highest BCUT2D eigenvalue weighted by molar-refractivity contribution is 7.87. The molecule has 6 heterocycles. The average Bonchev–Trinajstić information content (AvgIpc) is 0.726. The van der Waals surface area contributed by atoms with Crippen molar-refractivity contribution in [1.82, 2.24) is 29.9 Å². The van der Waals surface area contributed by atoms with Crippen molar-refractivity contribution in [2.24, 2.45) is 20.0 Å². The van der Waals surface area contributed by atoms with Gasteiger partial charge in [0.2, 0.25) is 35.7 Å². The Labute approximate surface area is 604 Å². The second-order valence-electron chi connectivity index (χ2n) is 22.0. The van der Waals surface area contributed by atoms with Gasteiger partial charge in [0.25, 0.3) is 60.7 Å². The summed E-state index contributed by atoms with van der Waals surface area (Å²) in [5.74, 6) is -8.19. The molecule has 0 atom stereocenters. The first-order valence-electron chi connectivity index (χ1n) is 28.3. The minimum absolute atomic E-state index is 0.0701. The third-order valence-corrected chi connectivity index (χ3v) is 21.8. The molecule has 0 unspecified atom stereocenters. The summed E-state index contributed by atoms with van der Waals surface area (Å²) in [6.45, 7) is 6.57. The molecule has 13 rings (SSSR count). The van der Waals surface area contributed by atoms with Gasteiger partial charge in [0.1, 0.15) is 64.3 Å². The van der Waals surface area contributed by atoms with Gasteiger partial charge in [-0.1, -0.05) is 52.5 Å². The van der Waals surface area contributed by atoms with E-state index in [0.717, 1.165) is 47.4 Å². The van der Waals surface area contributed by atoms with Crippen LogP contribution in [-0.4, -0.2) is 141 Å². The standard InChI is InChI=1S/C55H39Cl4N17O22S6/c1-5-75(3)54-71-50(61-20-7-6-19(2)29(18-20)100(80,81)82)69-51(72-54)66-26-13-10-24-39(47(26)102(86,87)88)97-44-32(58)37-45(33(59)36(44)64-24)98-41-25(65-37)12-15-28(49(41)104(92,93)94)68-53-70-52(73-55(74-53)76(4)16-17-99(77,78)79)67-27-14-11-23-40(48(27)103(89,90)91)96-43-31(57)34-42(30(56)35(43)63-23)95-38-22(62-34)9-8-21(60)46(38)101(83,84)85/h1,6-15,18H,5,16-17,60H2,2-4H3,(H,77,78,79)(H,80,81,82)(H,83,84,85)(H,86,87,88)(H,89,90,91)(H,92,93,94)(H2,61,66,69,71,72)(H2,67,68,70,73,74). The molecule has 7 aromatic carbocycles. The average molecular weight is 1620 g/mol. The van der Waals surface area contributed by atoms with Gasteiger partial charge in [-0.2, -0.15) is 80.4 Å². The van der Waals surface area contributed by atoms with Gasteiger partial charge < -0.3 is 55.7 Å². The Morgan fingerprint density at radius 1 is 0.433 bits per heavy atom. The van der Waals surface area contributed by atoms with Crippen LogP contribution in [0.5, 0.6) is 46.0 Å². The molecule has 0 aliphatic carbocycles. The van der Waals surface area contributed by atoms with Gasteiger partial charge in [-0.05, 0) is 80.1 Å². The van der Waals surface area contributed by atoms with Crippen molar-refractivity contribution in [2.75, 3.05) is 69.7 Å². The summed E-state index contributed by atoms with van der Waals surface area (Å²) in [5, 5.41) is 7.26. The molecule has 2 radical (unpaired) electrons. The fraction of sp³-hybridized carbons (Fsp3) is 0.109. The van der Waals surface area contributed by atoms with Crippen molar-refractivity contribution in [1.29, 1.82) is 0 Å². The van der Waals surface area contributed by atoms with E-state index in [-0.39, 0.29) is 57.5 Å². The third-order valence-electron chi connectivity index (χ3n) is 15.0. The Bertz CT molecular complexity index is 6400. The van der Waals surface area contributed by atoms with Crippen molar-refractivity contribution in [3.05, 3.63) is 121 Å². The van der Waals surface area contributed by atoms with Crippen LogP contribution < -0.4 is 77.2 Å². The van der Waals surface area contributed by atoms with Crippen LogP contribution in [0.1, 0.15) is 5.56 Å². The maximum Gasteiger partial charge on any atom is 0.300 e. The maximum absolute atomic E-state index is 13.7. The lowest BCUT2D eigenvalue weighted by atomic mass is 10.2. The number of nitrogen functional groups attached to an aromatic ring is 1. The highest BCUT2D eigenvalue weighted by Crippen LogP contribution is 2.52. The highest BCUT2D eigenvalue weighted by atomic mass is 35.5. The zero-order valence-electron chi connectivity index (χ0n) is 51.7. The number of rotatable bonds is 19. The highest BCUT2D eigenvalue weighted by Gasteiger charge is 2.38. The summed E-state index contributed by atoms with van der Waals surface area (Å²) < 4.78 is 240. The molecule has 4 aliphatic rings. The number of ether oxygens (including phenoxy) is 4. The number of nitrogens with two attached hydrogens (primary N) is 1. The van der Waals surface area contributed by atoms with Crippen molar-refractivity contribution >= 4 is 194 Å². The molecule has 9 aromatic rings. The van der Waals surface area contributed by atoms with E-state index in [1.165, 1.54) is 50.2 Å². The lowest BCUT2D eigenvalue weighted by Crippen LogP contribution is -2.27. The minimum Gasteiger partial charge on any atom is -0.450 e. The molecule has 0 spiro atoms. The van der Waals surface area contributed by atoms with Crippen molar-refractivity contribution in [2.45, 2.75) is 31.4 Å². The predicted octanol–water partition coefficient (Wildman–Crippen LogP) is 7.47. The molecule has 4 aliphatic heterocycles. The Morgan fingerprint density at radius 2 is 0.760 bits per heavy atom. The van der Waals surface area contributed by atoms with E-state index < -0.39 is 227 Å². The number of aryl methyl sites for hydroxylation is 1. The van der Waals surface area contributed by atoms with Crippen LogP contribution >= 0.6 is 46.4 Å². The van der Waals surface area contributed by atoms with Crippen molar-refractivity contribution in [3.8, 4) is 46.0 Å². The van der Waals surface area contributed by atoms with Gasteiger partial charge in [-0.15, -0.1) is 0 Å². The van der Waals surface area contributed by atoms with Crippen molar-refractivity contribution < 1.29 is 96.8 Å². The molecule has 540 valence electrons. The van der Waals surface area contributed by atoms with Crippen LogP contribution in [0.15, 0.2) is 111 Å². The summed E-state index contributed by atoms with van der Waals surface area (Å²) in [7, 11) is -28.1. The lowest BCUT2D eigenvalue weighted by molar-refractivity contribution is 0.428. The third kappa shape index (κ3) is 13.6. The lowest BCUT2D eigenvalue weighted by Gasteiger charge is -2.24. The fourth-order valence-electron chi connectivity index (χ4n) is 10.4. The van der Waals surface area contributed by atoms with Crippen LogP contribution in [0, 0.1) is 13.8 Å². The number of anilines is 11. The quantitative estimate of drug-likeness (QED) is 0.0276. The number of hydrogen-bond acceptors (Lipinski definition) is 33. The molecular formula is C55H39Cl4N17O22S6. The van der Waals surface area contributed by atoms with E-state index in [4.69, 9.17) is 78.0 Å². The Morgan fingerprint density at radius 3 is 1.09 bits per heavy atom. The molecule has 39 nitrogen and oxygen atoms in total. The van der Waals surface area contributed by atoms with Gasteiger partial charge in [0, 0.05) is 32.9 Å². The zero-order valence-corrected chi connectivity index (χ0v) is 59.6. The summed E-state index contributed by atoms with van der Waals surface area (Å²) in [5.41, 5.74) is 2.72. The first kappa shape index (κ1) is 72.5. The SMILES string of the molecule is [CH]CN(C)c1nc(Nc2ccc(C)c(S(=O)(=O)O)c2)nc(Nc2ccc3c(c2S(=O)(=O)O)Oc2c(Cl)c4c(c(Cl)c2=N3)Oc2c(ccc(Nc3nc(Nc5ccc6c(c5S(=O)(=O)O)Oc5c(Cl)c7c(c(Cl)c5=N6)Oc5c(ccc(N)c5S(=O)(=O)O)N=7)nc(N(C)CCS(=O)(=O)O)n3)c2S(=O)(=O)O)N=4)n1. The van der Waals surface area contributed by atoms with Crippen LogP contribution in [0.2, 0.25) is 20.1 Å². The minimum atomic E-state index is -5.54. The molecule has 12 N–H and O–H groups in total. The summed E-state index contributed by atoms with van der Waals surface area (Å²) in [6, 6.07) is 12.8. The number of nitrogens with one attached hydrogen (secondary N) is 4. The van der Waals surface area contributed by atoms with Crippen LogP contribution in [-0.2, 0) is 60.7 Å². The monoisotopic (exact) mass is 1620 g/mol. The van der Waals surface area contributed by atoms with Gasteiger partial charge in [-0.3, -0.25) is 27.3 Å². The summed E-state index contributed by atoms with van der Waals surface area (Å²) >= 11 is 27.5. The number of halogens is 4. The molecule has 104 heavy (non-hydrogen) atoms. The summed E-state index contributed by atoms with van der Waals surface area (Å²) in [4.78, 5) is 41.1.